The summed E-state index contributed by atoms with van der Waals surface area (Å²) >= 11 is 0. The number of nitrogens with zero attached hydrogens (tertiary/aromatic N) is 2. The standard InChI is InChI=1S/C17H11FN2O4/c1-10-13(6-3-7-15(10)20(22)23)16-19-14(17(21)24-16)9-11-4-2-5-12(18)8-11/h2-9H,1H3/b14-9+. The minimum atomic E-state index is -0.694. The number of hydrogen-bond acceptors (Lipinski definition) is 5. The van der Waals surface area contributed by atoms with Crippen LogP contribution in [0.15, 0.2) is 53.2 Å². The predicted octanol–water partition coefficient (Wildman–Crippen LogP) is 3.39. The molecule has 0 amide bonds. The first-order valence-electron chi connectivity index (χ1n) is 6.98. The molecule has 0 bridgehead atoms. The van der Waals surface area contributed by atoms with Crippen LogP contribution in [0.4, 0.5) is 10.1 Å². The van der Waals surface area contributed by atoms with Gasteiger partial charge in [-0.25, -0.2) is 14.2 Å². The summed E-state index contributed by atoms with van der Waals surface area (Å²) in [6, 6.07) is 10.1. The first kappa shape index (κ1) is 15.5. The molecular formula is C17H11FN2O4. The first-order chi connectivity index (χ1) is 11.5. The first-order valence-corrected chi connectivity index (χ1v) is 6.98. The van der Waals surface area contributed by atoms with Crippen LogP contribution in [0.3, 0.4) is 0 Å². The number of ether oxygens (including phenoxy) is 1. The van der Waals surface area contributed by atoms with Crippen molar-refractivity contribution in [1.29, 1.82) is 0 Å². The zero-order valence-electron chi connectivity index (χ0n) is 12.5. The fourth-order valence-electron chi connectivity index (χ4n) is 2.33. The van der Waals surface area contributed by atoms with E-state index in [1.54, 1.807) is 19.1 Å². The molecule has 2 aromatic rings. The maximum atomic E-state index is 13.2. The van der Waals surface area contributed by atoms with Gasteiger partial charge in [0, 0.05) is 17.2 Å². The fraction of sp³-hybridized carbons (Fsp3) is 0.0588. The SMILES string of the molecule is Cc1c(C2=N/C(=C/c3cccc(F)c3)C(=O)O2)cccc1[N+](=O)[O-]. The normalized spacial score (nSPS) is 15.3. The monoisotopic (exact) mass is 326 g/mol. The van der Waals surface area contributed by atoms with Gasteiger partial charge in [-0.15, -0.1) is 0 Å². The summed E-state index contributed by atoms with van der Waals surface area (Å²) in [5.74, 6) is -1.14. The van der Waals surface area contributed by atoms with Crippen molar-refractivity contribution in [2.24, 2.45) is 4.99 Å². The number of esters is 1. The number of rotatable bonds is 3. The van der Waals surface area contributed by atoms with Crippen molar-refractivity contribution >= 4 is 23.6 Å². The van der Waals surface area contributed by atoms with Crippen molar-refractivity contribution in [3.8, 4) is 0 Å². The van der Waals surface area contributed by atoms with Gasteiger partial charge in [-0.1, -0.05) is 18.2 Å². The number of halogens is 1. The van der Waals surface area contributed by atoms with E-state index in [4.69, 9.17) is 4.74 Å². The molecule has 0 saturated carbocycles. The summed E-state index contributed by atoms with van der Waals surface area (Å²) in [5.41, 5.74) is 1.08. The van der Waals surface area contributed by atoms with E-state index < -0.39 is 16.7 Å². The van der Waals surface area contributed by atoms with Gasteiger partial charge in [-0.3, -0.25) is 10.1 Å². The van der Waals surface area contributed by atoms with Gasteiger partial charge < -0.3 is 4.74 Å². The van der Waals surface area contributed by atoms with Crippen molar-refractivity contribution in [3.63, 3.8) is 0 Å². The van der Waals surface area contributed by atoms with Gasteiger partial charge in [0.2, 0.25) is 5.90 Å². The minimum Gasteiger partial charge on any atom is -0.402 e. The fourth-order valence-corrected chi connectivity index (χ4v) is 2.33. The number of hydrogen-bond donors (Lipinski definition) is 0. The molecule has 0 atom stereocenters. The molecule has 120 valence electrons. The largest absolute Gasteiger partial charge is 0.402 e. The van der Waals surface area contributed by atoms with Crippen LogP contribution >= 0.6 is 0 Å². The maximum Gasteiger partial charge on any atom is 0.363 e. The minimum absolute atomic E-state index is 0.00139. The number of carbonyl (C=O) groups excluding carboxylic acids is 1. The second-order valence-corrected chi connectivity index (χ2v) is 5.10. The molecule has 24 heavy (non-hydrogen) atoms. The van der Waals surface area contributed by atoms with Crippen LogP contribution in [0.1, 0.15) is 16.7 Å². The molecule has 0 spiro atoms. The predicted molar refractivity (Wildman–Crippen MR) is 84.8 cm³/mol. The van der Waals surface area contributed by atoms with E-state index >= 15 is 0 Å². The smallest absolute Gasteiger partial charge is 0.363 e. The van der Waals surface area contributed by atoms with Gasteiger partial charge in [0.15, 0.2) is 5.70 Å². The van der Waals surface area contributed by atoms with Crippen LogP contribution in [-0.2, 0) is 9.53 Å². The van der Waals surface area contributed by atoms with E-state index in [0.29, 0.717) is 16.7 Å². The Labute approximate surface area is 136 Å². The highest BCUT2D eigenvalue weighted by molar-refractivity contribution is 6.13. The van der Waals surface area contributed by atoms with Gasteiger partial charge in [-0.2, -0.15) is 0 Å². The topological polar surface area (TPSA) is 81.8 Å². The second-order valence-electron chi connectivity index (χ2n) is 5.10. The number of nitro groups is 1. The van der Waals surface area contributed by atoms with Crippen LogP contribution in [0.2, 0.25) is 0 Å². The molecule has 1 aliphatic heterocycles. The lowest BCUT2D eigenvalue weighted by Crippen LogP contribution is -2.08. The number of carbonyl (C=O) groups is 1. The molecule has 0 unspecified atom stereocenters. The summed E-state index contributed by atoms with van der Waals surface area (Å²) in [7, 11) is 0. The van der Waals surface area contributed by atoms with Crippen molar-refractivity contribution in [3.05, 3.63) is 80.8 Å². The lowest BCUT2D eigenvalue weighted by molar-refractivity contribution is -0.385. The van der Waals surface area contributed by atoms with Crippen LogP contribution < -0.4 is 0 Å². The average Bonchev–Trinajstić information content (AvgIpc) is 2.88. The van der Waals surface area contributed by atoms with Gasteiger partial charge in [0.05, 0.1) is 4.92 Å². The van der Waals surface area contributed by atoms with Gasteiger partial charge in [-0.05, 0) is 36.8 Å². The Morgan fingerprint density at radius 3 is 2.71 bits per heavy atom. The third kappa shape index (κ3) is 2.91. The highest BCUT2D eigenvalue weighted by Crippen LogP contribution is 2.26. The summed E-state index contributed by atoms with van der Waals surface area (Å²) in [6.45, 7) is 1.55. The molecule has 0 aromatic heterocycles. The van der Waals surface area contributed by atoms with Crippen LogP contribution in [0.5, 0.6) is 0 Å². The van der Waals surface area contributed by atoms with Crippen molar-refractivity contribution in [2.45, 2.75) is 6.92 Å². The van der Waals surface area contributed by atoms with Crippen molar-refractivity contribution in [2.75, 3.05) is 0 Å². The Morgan fingerprint density at radius 2 is 2.00 bits per heavy atom. The Balaban J connectivity index is 2.01. The van der Waals surface area contributed by atoms with Crippen molar-refractivity contribution in [1.82, 2.24) is 0 Å². The third-order valence-electron chi connectivity index (χ3n) is 3.50. The molecule has 0 radical (unpaired) electrons. The Hall–Kier alpha value is -3.35. The number of benzene rings is 2. The summed E-state index contributed by atoms with van der Waals surface area (Å²) < 4.78 is 18.3. The second kappa shape index (κ2) is 6.04. The Morgan fingerprint density at radius 1 is 1.25 bits per heavy atom. The Kier molecular flexibility index (Phi) is 3.91. The maximum absolute atomic E-state index is 13.2. The molecule has 6 nitrogen and oxygen atoms in total. The van der Waals surface area contributed by atoms with E-state index in [0.717, 1.165) is 0 Å². The summed E-state index contributed by atoms with van der Waals surface area (Å²) in [6.07, 6.45) is 1.39. The molecular weight excluding hydrogens is 315 g/mol. The molecule has 3 rings (SSSR count). The Bertz CT molecular complexity index is 919. The third-order valence-corrected chi connectivity index (χ3v) is 3.50. The molecule has 0 aliphatic carbocycles. The van der Waals surface area contributed by atoms with Crippen LogP contribution in [0.25, 0.3) is 6.08 Å². The lowest BCUT2D eigenvalue weighted by Gasteiger charge is -2.04. The quantitative estimate of drug-likeness (QED) is 0.375. The van der Waals surface area contributed by atoms with Crippen molar-refractivity contribution < 1.29 is 18.8 Å². The lowest BCUT2D eigenvalue weighted by atomic mass is 10.1. The molecule has 1 heterocycles. The number of aliphatic imine (C=N–C) groups is 1. The molecule has 7 heteroatoms. The molecule has 2 aromatic carbocycles. The average molecular weight is 326 g/mol. The summed E-state index contributed by atoms with van der Waals surface area (Å²) in [5, 5.41) is 11.0. The molecule has 0 N–H and O–H groups in total. The summed E-state index contributed by atoms with van der Waals surface area (Å²) in [4.78, 5) is 26.5. The highest BCUT2D eigenvalue weighted by Gasteiger charge is 2.27. The zero-order valence-corrected chi connectivity index (χ0v) is 12.5. The molecule has 1 aliphatic rings. The van der Waals surface area contributed by atoms with Gasteiger partial charge in [0.25, 0.3) is 5.69 Å². The van der Waals surface area contributed by atoms with Crippen LogP contribution in [0, 0.1) is 22.9 Å². The van der Waals surface area contributed by atoms with E-state index in [1.165, 1.54) is 36.4 Å². The van der Waals surface area contributed by atoms with E-state index in [1.807, 2.05) is 0 Å². The molecule has 0 saturated heterocycles. The number of nitro benzene ring substituents is 1. The number of cyclic esters (lactones) is 1. The van der Waals surface area contributed by atoms with E-state index in [2.05, 4.69) is 4.99 Å². The van der Waals surface area contributed by atoms with E-state index in [9.17, 15) is 19.3 Å². The van der Waals surface area contributed by atoms with Gasteiger partial charge >= 0.3 is 5.97 Å². The molecule has 0 fully saturated rings. The highest BCUT2D eigenvalue weighted by atomic mass is 19.1. The van der Waals surface area contributed by atoms with Crippen LogP contribution in [-0.4, -0.2) is 16.8 Å². The zero-order chi connectivity index (χ0) is 17.3. The van der Waals surface area contributed by atoms with Gasteiger partial charge in [0.1, 0.15) is 5.82 Å². The van der Waals surface area contributed by atoms with E-state index in [-0.39, 0.29) is 17.3 Å².